The zero-order valence-electron chi connectivity index (χ0n) is 12.7. The number of aliphatic carboxylic acids is 1. The Kier molecular flexibility index (Phi) is 9.41. The molecule has 1 N–H and O–H groups in total. The van der Waals surface area contributed by atoms with Crippen LogP contribution < -0.4 is 0 Å². The van der Waals surface area contributed by atoms with Crippen LogP contribution in [0.1, 0.15) is 46.5 Å². The summed E-state index contributed by atoms with van der Waals surface area (Å²) in [4.78, 5) is 37.4. The molecule has 0 radical (unpaired) electrons. The Morgan fingerprint density at radius 1 is 0.800 bits per heavy atom. The monoisotopic (exact) mass is 286 g/mol. The van der Waals surface area contributed by atoms with Crippen LogP contribution in [0.3, 0.4) is 0 Å². The smallest absolute Gasteiger partial charge is 0.305 e. The summed E-state index contributed by atoms with van der Waals surface area (Å²) in [6.07, 6.45) is 1.13. The second-order valence-corrected chi connectivity index (χ2v) is 4.54. The van der Waals surface area contributed by atoms with E-state index in [0.29, 0.717) is 38.9 Å². The van der Waals surface area contributed by atoms with Gasteiger partial charge in [-0.3, -0.25) is 14.4 Å². The summed E-state index contributed by atoms with van der Waals surface area (Å²) in [5.41, 5.74) is 0. The van der Waals surface area contributed by atoms with Crippen LogP contribution in [0.2, 0.25) is 0 Å². The molecule has 2 amide bonds. The molecule has 0 spiro atoms. The molecule has 0 aliphatic carbocycles. The predicted molar refractivity (Wildman–Crippen MR) is 76.3 cm³/mol. The number of hydrogen-bond donors (Lipinski definition) is 1. The number of carbonyl (C=O) groups excluding carboxylic acids is 2. The van der Waals surface area contributed by atoms with Crippen LogP contribution in [0, 0.1) is 0 Å². The van der Waals surface area contributed by atoms with E-state index in [1.165, 1.54) is 4.90 Å². The summed E-state index contributed by atoms with van der Waals surface area (Å²) in [6.45, 7) is 7.77. The second-order valence-electron chi connectivity index (χ2n) is 4.54. The Morgan fingerprint density at radius 3 is 1.65 bits per heavy atom. The van der Waals surface area contributed by atoms with Gasteiger partial charge in [-0.1, -0.05) is 0 Å². The molecular weight excluding hydrogens is 260 g/mol. The molecule has 0 aliphatic rings. The molecule has 0 aromatic carbocycles. The molecule has 0 fully saturated rings. The van der Waals surface area contributed by atoms with Gasteiger partial charge in [0.05, 0.1) is 6.42 Å². The Balaban J connectivity index is 4.07. The van der Waals surface area contributed by atoms with Gasteiger partial charge in [-0.05, 0) is 27.2 Å². The van der Waals surface area contributed by atoms with Crippen molar-refractivity contribution in [1.29, 1.82) is 0 Å². The van der Waals surface area contributed by atoms with E-state index < -0.39 is 5.97 Å². The number of carboxylic acid groups (broad SMARTS) is 1. The summed E-state index contributed by atoms with van der Waals surface area (Å²) in [7, 11) is 0. The summed E-state index contributed by atoms with van der Waals surface area (Å²) >= 11 is 0. The van der Waals surface area contributed by atoms with Gasteiger partial charge in [-0.25, -0.2) is 0 Å². The molecular formula is C14H26N2O4. The molecule has 0 unspecified atom stereocenters. The molecule has 0 rings (SSSR count). The summed E-state index contributed by atoms with van der Waals surface area (Å²) < 4.78 is 0. The summed E-state index contributed by atoms with van der Waals surface area (Å²) in [5, 5.41) is 8.62. The number of carbonyl (C=O) groups is 3. The SMILES string of the molecule is CCN(CC)C(=O)CCCC(=O)N(CC)CCC(=O)O. The number of nitrogens with zero attached hydrogens (tertiary/aromatic N) is 2. The second kappa shape index (κ2) is 10.2. The molecule has 6 heteroatoms. The van der Waals surface area contributed by atoms with Gasteiger partial charge in [0.25, 0.3) is 0 Å². The van der Waals surface area contributed by atoms with Crippen molar-refractivity contribution in [2.24, 2.45) is 0 Å². The first-order valence-corrected chi connectivity index (χ1v) is 7.23. The first-order chi connectivity index (χ1) is 9.46. The quantitative estimate of drug-likeness (QED) is 0.657. The van der Waals surface area contributed by atoms with Crippen molar-refractivity contribution < 1.29 is 19.5 Å². The topological polar surface area (TPSA) is 77.9 Å². The van der Waals surface area contributed by atoms with Crippen molar-refractivity contribution in [2.75, 3.05) is 26.2 Å². The third-order valence-electron chi connectivity index (χ3n) is 3.23. The standard InChI is InChI=1S/C14H26N2O4/c1-4-15(5-2)12(17)8-7-9-13(18)16(6-3)11-10-14(19)20/h4-11H2,1-3H3,(H,19,20). The maximum Gasteiger partial charge on any atom is 0.305 e. The lowest BCUT2D eigenvalue weighted by Gasteiger charge is -2.21. The lowest BCUT2D eigenvalue weighted by Crippen LogP contribution is -2.33. The fourth-order valence-corrected chi connectivity index (χ4v) is 1.97. The average molecular weight is 286 g/mol. The van der Waals surface area contributed by atoms with Crippen molar-refractivity contribution in [3.63, 3.8) is 0 Å². The van der Waals surface area contributed by atoms with Crippen molar-refractivity contribution in [3.8, 4) is 0 Å². The Bertz CT molecular complexity index is 327. The van der Waals surface area contributed by atoms with E-state index in [2.05, 4.69) is 0 Å². The highest BCUT2D eigenvalue weighted by Crippen LogP contribution is 2.05. The minimum atomic E-state index is -0.909. The first-order valence-electron chi connectivity index (χ1n) is 7.23. The van der Waals surface area contributed by atoms with E-state index in [0.717, 1.165) is 0 Å². The van der Waals surface area contributed by atoms with E-state index >= 15 is 0 Å². The Morgan fingerprint density at radius 2 is 1.25 bits per heavy atom. The van der Waals surface area contributed by atoms with Gasteiger partial charge in [0.2, 0.25) is 11.8 Å². The third kappa shape index (κ3) is 7.11. The van der Waals surface area contributed by atoms with Gasteiger partial charge >= 0.3 is 5.97 Å². The maximum absolute atomic E-state index is 11.9. The maximum atomic E-state index is 11.9. The molecule has 0 bridgehead atoms. The van der Waals surface area contributed by atoms with E-state index in [9.17, 15) is 14.4 Å². The van der Waals surface area contributed by atoms with Gasteiger partial charge in [0.15, 0.2) is 0 Å². The molecule has 0 aliphatic heterocycles. The number of carboxylic acids is 1. The van der Waals surface area contributed by atoms with Crippen LogP contribution in [0.4, 0.5) is 0 Å². The van der Waals surface area contributed by atoms with Gasteiger partial charge in [0, 0.05) is 39.0 Å². The number of amides is 2. The van der Waals surface area contributed by atoms with Crippen molar-refractivity contribution in [1.82, 2.24) is 9.80 Å². The average Bonchev–Trinajstić information content (AvgIpc) is 2.40. The Hall–Kier alpha value is -1.59. The fraction of sp³-hybridized carbons (Fsp3) is 0.786. The molecule has 116 valence electrons. The van der Waals surface area contributed by atoms with Gasteiger partial charge in [-0.15, -0.1) is 0 Å². The van der Waals surface area contributed by atoms with Crippen molar-refractivity contribution >= 4 is 17.8 Å². The van der Waals surface area contributed by atoms with Crippen LogP contribution in [0.5, 0.6) is 0 Å². The normalized spacial score (nSPS) is 10.2. The van der Waals surface area contributed by atoms with Crippen molar-refractivity contribution in [2.45, 2.75) is 46.5 Å². The van der Waals surface area contributed by atoms with Crippen LogP contribution in [0.25, 0.3) is 0 Å². The molecule has 6 nitrogen and oxygen atoms in total. The number of hydrogen-bond acceptors (Lipinski definition) is 3. The van der Waals surface area contributed by atoms with E-state index in [-0.39, 0.29) is 24.8 Å². The van der Waals surface area contributed by atoms with Gasteiger partial charge in [-0.2, -0.15) is 0 Å². The summed E-state index contributed by atoms with van der Waals surface area (Å²) in [6, 6.07) is 0. The van der Waals surface area contributed by atoms with Gasteiger partial charge in [0.1, 0.15) is 0 Å². The minimum Gasteiger partial charge on any atom is -0.481 e. The highest BCUT2D eigenvalue weighted by Gasteiger charge is 2.14. The molecule has 0 aromatic rings. The van der Waals surface area contributed by atoms with E-state index in [4.69, 9.17) is 5.11 Å². The fourth-order valence-electron chi connectivity index (χ4n) is 1.97. The molecule has 20 heavy (non-hydrogen) atoms. The van der Waals surface area contributed by atoms with Crippen LogP contribution >= 0.6 is 0 Å². The highest BCUT2D eigenvalue weighted by atomic mass is 16.4. The van der Waals surface area contributed by atoms with Crippen molar-refractivity contribution in [3.05, 3.63) is 0 Å². The van der Waals surface area contributed by atoms with Gasteiger partial charge < -0.3 is 14.9 Å². The highest BCUT2D eigenvalue weighted by molar-refractivity contribution is 5.79. The molecule has 0 atom stereocenters. The first kappa shape index (κ1) is 18.4. The molecule has 0 aromatic heterocycles. The largest absolute Gasteiger partial charge is 0.481 e. The zero-order valence-corrected chi connectivity index (χ0v) is 12.7. The van der Waals surface area contributed by atoms with Crippen LogP contribution in [-0.2, 0) is 14.4 Å². The Labute approximate surface area is 120 Å². The summed E-state index contributed by atoms with van der Waals surface area (Å²) in [5.74, 6) is -0.926. The third-order valence-corrected chi connectivity index (χ3v) is 3.23. The minimum absolute atomic E-state index is 0.0437. The molecule has 0 saturated carbocycles. The van der Waals surface area contributed by atoms with E-state index in [1.54, 1.807) is 4.90 Å². The lowest BCUT2D eigenvalue weighted by molar-refractivity contribution is -0.138. The van der Waals surface area contributed by atoms with Crippen LogP contribution in [-0.4, -0.2) is 58.9 Å². The predicted octanol–water partition coefficient (Wildman–Crippen LogP) is 1.35. The lowest BCUT2D eigenvalue weighted by atomic mass is 10.2. The zero-order chi connectivity index (χ0) is 15.5. The number of rotatable bonds is 10. The van der Waals surface area contributed by atoms with Crippen LogP contribution in [0.15, 0.2) is 0 Å². The molecule has 0 saturated heterocycles. The van der Waals surface area contributed by atoms with E-state index in [1.807, 2.05) is 20.8 Å². The molecule has 0 heterocycles.